The van der Waals surface area contributed by atoms with E-state index in [0.29, 0.717) is 6.10 Å². The lowest BCUT2D eigenvalue weighted by Gasteiger charge is -2.02. The van der Waals surface area contributed by atoms with Crippen LogP contribution >= 0.6 is 0 Å². The van der Waals surface area contributed by atoms with E-state index in [1.807, 2.05) is 6.08 Å². The van der Waals surface area contributed by atoms with Gasteiger partial charge in [-0.25, -0.2) is 0 Å². The Morgan fingerprint density at radius 3 is 3.00 bits per heavy atom. The molecule has 1 fully saturated rings. The van der Waals surface area contributed by atoms with E-state index in [1.54, 1.807) is 0 Å². The molecule has 0 radical (unpaired) electrons. The predicted molar refractivity (Wildman–Crippen MR) is 63.8 cm³/mol. The normalized spacial score (nSPS) is 18.8. The topological polar surface area (TPSA) is 12.5 Å². The molecule has 1 nitrogen and oxygen atoms in total. The van der Waals surface area contributed by atoms with Gasteiger partial charge in [-0.3, -0.25) is 0 Å². The smallest absolute Gasteiger partial charge is 0.0810 e. The monoisotopic (exact) mass is 202 g/mol. The number of hydrogen-bond donors (Lipinski definition) is 0. The minimum Gasteiger partial charge on any atom is -0.373 e. The maximum absolute atomic E-state index is 5.18. The molecule has 1 heteroatoms. The third-order valence-corrected chi connectivity index (χ3v) is 2.83. The summed E-state index contributed by atoms with van der Waals surface area (Å²) >= 11 is 0. The largest absolute Gasteiger partial charge is 0.373 e. The fourth-order valence-electron chi connectivity index (χ4n) is 1.81. The third kappa shape index (κ3) is 3.52. The minimum atomic E-state index is 0.588. The number of benzene rings is 1. The van der Waals surface area contributed by atoms with Crippen LogP contribution in [-0.4, -0.2) is 12.7 Å². The number of rotatable bonds is 6. The summed E-state index contributed by atoms with van der Waals surface area (Å²) in [7, 11) is 0. The van der Waals surface area contributed by atoms with Crippen molar-refractivity contribution in [1.29, 1.82) is 0 Å². The number of unbranched alkanes of at least 4 members (excludes halogenated alkanes) is 1. The molecule has 2 rings (SSSR count). The van der Waals surface area contributed by atoms with Crippen LogP contribution in [0.3, 0.4) is 0 Å². The fourth-order valence-corrected chi connectivity index (χ4v) is 1.81. The van der Waals surface area contributed by atoms with E-state index >= 15 is 0 Å². The van der Waals surface area contributed by atoms with Crippen LogP contribution in [-0.2, 0) is 11.2 Å². The minimum absolute atomic E-state index is 0.588. The highest BCUT2D eigenvalue weighted by molar-refractivity contribution is 5.47. The van der Waals surface area contributed by atoms with E-state index in [-0.39, 0.29) is 0 Å². The van der Waals surface area contributed by atoms with E-state index < -0.39 is 0 Å². The Balaban J connectivity index is 1.73. The number of hydrogen-bond acceptors (Lipinski definition) is 1. The summed E-state index contributed by atoms with van der Waals surface area (Å²) in [5.41, 5.74) is 2.64. The van der Waals surface area contributed by atoms with Crippen LogP contribution in [0.1, 0.15) is 30.4 Å². The van der Waals surface area contributed by atoms with Crippen LogP contribution in [0.2, 0.25) is 0 Å². The Morgan fingerprint density at radius 1 is 1.40 bits per heavy atom. The van der Waals surface area contributed by atoms with Gasteiger partial charge in [0.25, 0.3) is 0 Å². The number of aryl methyl sites for hydroxylation is 1. The Bertz CT molecular complexity index is 326. The SMILES string of the molecule is C=Cc1cccc(CCCCC2CO2)c1. The standard InChI is InChI=1S/C14H18O/c1-2-12-7-5-8-13(10-12)6-3-4-9-14-11-15-14/h2,5,7-8,10,14H,1,3-4,6,9,11H2. The van der Waals surface area contributed by atoms with Crippen LogP contribution in [0.4, 0.5) is 0 Å². The molecule has 0 spiro atoms. The molecule has 1 aliphatic rings. The van der Waals surface area contributed by atoms with Gasteiger partial charge >= 0.3 is 0 Å². The second kappa shape index (κ2) is 5.13. The first-order valence-corrected chi connectivity index (χ1v) is 5.71. The molecule has 1 unspecified atom stereocenters. The Hall–Kier alpha value is -1.08. The molecule has 1 heterocycles. The first-order valence-electron chi connectivity index (χ1n) is 5.71. The highest BCUT2D eigenvalue weighted by Gasteiger charge is 2.20. The fraction of sp³-hybridized carbons (Fsp3) is 0.429. The molecule has 0 bridgehead atoms. The molecule has 1 aromatic carbocycles. The van der Waals surface area contributed by atoms with Gasteiger partial charge in [-0.05, 0) is 30.4 Å². The zero-order valence-corrected chi connectivity index (χ0v) is 9.11. The van der Waals surface area contributed by atoms with Gasteiger partial charge in [0.15, 0.2) is 0 Å². The third-order valence-electron chi connectivity index (χ3n) is 2.83. The highest BCUT2D eigenvalue weighted by atomic mass is 16.6. The molecular formula is C14H18O. The van der Waals surface area contributed by atoms with Crippen molar-refractivity contribution in [2.24, 2.45) is 0 Å². The summed E-state index contributed by atoms with van der Waals surface area (Å²) < 4.78 is 5.18. The van der Waals surface area contributed by atoms with Gasteiger partial charge in [0.2, 0.25) is 0 Å². The summed E-state index contributed by atoms with van der Waals surface area (Å²) in [5.74, 6) is 0. The van der Waals surface area contributed by atoms with E-state index in [2.05, 4.69) is 30.8 Å². The van der Waals surface area contributed by atoms with Gasteiger partial charge in [-0.1, -0.05) is 43.3 Å². The summed E-state index contributed by atoms with van der Waals surface area (Å²) in [5, 5.41) is 0. The van der Waals surface area contributed by atoms with Gasteiger partial charge in [0, 0.05) is 0 Å². The van der Waals surface area contributed by atoms with Crippen molar-refractivity contribution in [1.82, 2.24) is 0 Å². The predicted octanol–water partition coefficient (Wildman–Crippen LogP) is 3.44. The van der Waals surface area contributed by atoms with Gasteiger partial charge in [0.05, 0.1) is 12.7 Å². The van der Waals surface area contributed by atoms with E-state index in [0.717, 1.165) is 6.61 Å². The highest BCUT2D eigenvalue weighted by Crippen LogP contribution is 2.18. The molecule has 1 atom stereocenters. The van der Waals surface area contributed by atoms with Gasteiger partial charge < -0.3 is 4.74 Å². The molecule has 1 saturated heterocycles. The van der Waals surface area contributed by atoms with Crippen LogP contribution in [0, 0.1) is 0 Å². The molecule has 0 aromatic heterocycles. The first-order chi connectivity index (χ1) is 7.38. The molecular weight excluding hydrogens is 184 g/mol. The van der Waals surface area contributed by atoms with Crippen LogP contribution in [0.15, 0.2) is 30.8 Å². The van der Waals surface area contributed by atoms with Crippen molar-refractivity contribution in [3.05, 3.63) is 42.0 Å². The molecule has 1 aromatic rings. The van der Waals surface area contributed by atoms with E-state index in [4.69, 9.17) is 4.74 Å². The van der Waals surface area contributed by atoms with Crippen molar-refractivity contribution in [3.8, 4) is 0 Å². The lowest BCUT2D eigenvalue weighted by atomic mass is 10.0. The summed E-state index contributed by atoms with van der Waals surface area (Å²) in [4.78, 5) is 0. The van der Waals surface area contributed by atoms with Gasteiger partial charge in [-0.2, -0.15) is 0 Å². The van der Waals surface area contributed by atoms with Crippen LogP contribution in [0.5, 0.6) is 0 Å². The first kappa shape index (κ1) is 10.4. The zero-order chi connectivity index (χ0) is 10.5. The number of ether oxygens (including phenoxy) is 1. The number of epoxide rings is 1. The van der Waals surface area contributed by atoms with Crippen molar-refractivity contribution >= 4 is 6.08 Å². The summed E-state index contributed by atoms with van der Waals surface area (Å²) in [6, 6.07) is 8.62. The second-order valence-electron chi connectivity index (χ2n) is 4.15. The average Bonchev–Trinajstić information content (AvgIpc) is 3.09. The van der Waals surface area contributed by atoms with Crippen molar-refractivity contribution in [2.45, 2.75) is 31.8 Å². The van der Waals surface area contributed by atoms with Crippen molar-refractivity contribution in [3.63, 3.8) is 0 Å². The van der Waals surface area contributed by atoms with Crippen LogP contribution < -0.4 is 0 Å². The zero-order valence-electron chi connectivity index (χ0n) is 9.11. The summed E-state index contributed by atoms with van der Waals surface area (Å²) in [6.45, 7) is 4.78. The maximum Gasteiger partial charge on any atom is 0.0810 e. The second-order valence-corrected chi connectivity index (χ2v) is 4.15. The van der Waals surface area contributed by atoms with Crippen molar-refractivity contribution in [2.75, 3.05) is 6.61 Å². The molecule has 0 aliphatic carbocycles. The average molecular weight is 202 g/mol. The summed E-state index contributed by atoms with van der Waals surface area (Å²) in [6.07, 6.45) is 7.45. The Kier molecular flexibility index (Phi) is 3.57. The Morgan fingerprint density at radius 2 is 2.27 bits per heavy atom. The van der Waals surface area contributed by atoms with Crippen molar-refractivity contribution < 1.29 is 4.74 Å². The van der Waals surface area contributed by atoms with Gasteiger partial charge in [-0.15, -0.1) is 0 Å². The molecule has 15 heavy (non-hydrogen) atoms. The van der Waals surface area contributed by atoms with E-state index in [9.17, 15) is 0 Å². The van der Waals surface area contributed by atoms with Crippen LogP contribution in [0.25, 0.3) is 6.08 Å². The molecule has 0 N–H and O–H groups in total. The quantitative estimate of drug-likeness (QED) is 0.508. The van der Waals surface area contributed by atoms with Gasteiger partial charge in [0.1, 0.15) is 0 Å². The lowest BCUT2D eigenvalue weighted by molar-refractivity contribution is 0.389. The Labute approximate surface area is 91.8 Å². The maximum atomic E-state index is 5.18. The molecule has 0 saturated carbocycles. The lowest BCUT2D eigenvalue weighted by Crippen LogP contribution is -1.89. The molecule has 0 amide bonds. The van der Waals surface area contributed by atoms with E-state index in [1.165, 1.54) is 36.8 Å². The molecule has 1 aliphatic heterocycles. The molecule has 80 valence electrons.